The van der Waals surface area contributed by atoms with Crippen LogP contribution < -0.4 is 10.9 Å². The fraction of sp³-hybridized carbons (Fsp3) is 0. The molecule has 0 fully saturated rings. The Kier molecular flexibility index (Phi) is 5.95. The maximum atomic E-state index is 5.83. The summed E-state index contributed by atoms with van der Waals surface area (Å²) < 4.78 is 0. The van der Waals surface area contributed by atoms with Crippen molar-refractivity contribution in [1.82, 2.24) is 10.2 Å². The molecule has 0 aliphatic carbocycles. The number of halogens is 2. The first kappa shape index (κ1) is 17.3. The molecular formula is C16H12Cl2N6S. The molecule has 1 heterocycles. The molecule has 9 heteroatoms. The number of benzene rings is 2. The van der Waals surface area contributed by atoms with Crippen molar-refractivity contribution in [1.29, 1.82) is 0 Å². The van der Waals surface area contributed by atoms with Crippen molar-refractivity contribution < 1.29 is 0 Å². The number of aromatic nitrogens is 2. The number of nitrogens with zero attached hydrogens (tertiary/aromatic N) is 4. The largest absolute Gasteiger partial charge is 0.251 e. The first-order valence-electron chi connectivity index (χ1n) is 7.12. The summed E-state index contributed by atoms with van der Waals surface area (Å²) in [6.07, 6.45) is 3.34. The summed E-state index contributed by atoms with van der Waals surface area (Å²) in [4.78, 5) is 0. The molecule has 6 nitrogen and oxygen atoms in total. The topological polar surface area (TPSA) is 74.6 Å². The van der Waals surface area contributed by atoms with Crippen molar-refractivity contribution in [3.05, 3.63) is 69.7 Å². The van der Waals surface area contributed by atoms with E-state index in [9.17, 15) is 0 Å². The summed E-state index contributed by atoms with van der Waals surface area (Å²) >= 11 is 13.0. The van der Waals surface area contributed by atoms with Crippen LogP contribution in [0.4, 0.5) is 10.3 Å². The molecule has 0 aliphatic rings. The third kappa shape index (κ3) is 5.53. The van der Waals surface area contributed by atoms with Crippen molar-refractivity contribution in [2.45, 2.75) is 0 Å². The molecule has 0 radical (unpaired) electrons. The summed E-state index contributed by atoms with van der Waals surface area (Å²) in [5, 5.41) is 18.6. The Balaban J connectivity index is 1.51. The molecule has 2 aromatic carbocycles. The van der Waals surface area contributed by atoms with Crippen LogP contribution in [-0.2, 0) is 0 Å². The molecule has 0 bridgehead atoms. The molecule has 0 amide bonds. The zero-order chi connectivity index (χ0) is 17.5. The van der Waals surface area contributed by atoms with Gasteiger partial charge < -0.3 is 0 Å². The highest BCUT2D eigenvalue weighted by Crippen LogP contribution is 2.19. The molecule has 0 atom stereocenters. The molecule has 2 N–H and O–H groups in total. The minimum Gasteiger partial charge on any atom is -0.251 e. The van der Waals surface area contributed by atoms with Gasteiger partial charge in [-0.05, 0) is 35.4 Å². The van der Waals surface area contributed by atoms with Gasteiger partial charge in [-0.25, -0.2) is 0 Å². The van der Waals surface area contributed by atoms with Gasteiger partial charge in [-0.15, -0.1) is 10.2 Å². The Bertz CT molecular complexity index is 802. The smallest absolute Gasteiger partial charge is 0.227 e. The van der Waals surface area contributed by atoms with E-state index in [4.69, 9.17) is 23.2 Å². The number of hydrazone groups is 2. The van der Waals surface area contributed by atoms with E-state index in [0.717, 1.165) is 11.1 Å². The molecular weight excluding hydrogens is 379 g/mol. The normalized spacial score (nSPS) is 11.3. The standard InChI is InChI=1S/C16H12Cl2N6S/c17-13-5-1-11(2-6-13)9-19-21-15-23-24-16(25-15)22-20-10-12-3-7-14(18)8-4-12/h1-10H,(H,21,23)(H,22,24)/b19-9+,20-10+. The first-order valence-corrected chi connectivity index (χ1v) is 8.69. The van der Waals surface area contributed by atoms with Crippen LogP contribution in [0.15, 0.2) is 58.7 Å². The third-order valence-electron chi connectivity index (χ3n) is 2.91. The molecule has 0 saturated carbocycles. The van der Waals surface area contributed by atoms with Crippen LogP contribution in [0, 0.1) is 0 Å². The molecule has 0 unspecified atom stereocenters. The highest BCUT2D eigenvalue weighted by molar-refractivity contribution is 7.18. The van der Waals surface area contributed by atoms with Gasteiger partial charge >= 0.3 is 0 Å². The Hall–Kier alpha value is -2.48. The van der Waals surface area contributed by atoms with E-state index in [1.54, 1.807) is 36.7 Å². The Labute approximate surface area is 158 Å². The fourth-order valence-corrected chi connectivity index (χ4v) is 2.53. The van der Waals surface area contributed by atoms with Gasteiger partial charge in [0.05, 0.1) is 12.4 Å². The molecule has 3 aromatic rings. The second-order valence-electron chi connectivity index (χ2n) is 4.76. The van der Waals surface area contributed by atoms with E-state index in [2.05, 4.69) is 31.3 Å². The van der Waals surface area contributed by atoms with Crippen LogP contribution in [0.5, 0.6) is 0 Å². The van der Waals surface area contributed by atoms with Crippen molar-refractivity contribution in [2.24, 2.45) is 10.2 Å². The number of hydrogen-bond donors (Lipinski definition) is 2. The minimum atomic E-state index is 0.550. The number of hydrogen-bond acceptors (Lipinski definition) is 7. The predicted molar refractivity (Wildman–Crippen MR) is 105 cm³/mol. The molecule has 3 rings (SSSR count). The lowest BCUT2D eigenvalue weighted by molar-refractivity contribution is 1.07. The molecule has 1 aromatic heterocycles. The van der Waals surface area contributed by atoms with Crippen LogP contribution in [0.1, 0.15) is 11.1 Å². The zero-order valence-corrected chi connectivity index (χ0v) is 15.1. The van der Waals surface area contributed by atoms with E-state index >= 15 is 0 Å². The summed E-state index contributed by atoms with van der Waals surface area (Å²) in [7, 11) is 0. The Morgan fingerprint density at radius 3 is 1.52 bits per heavy atom. The van der Waals surface area contributed by atoms with Crippen molar-refractivity contribution in [3.63, 3.8) is 0 Å². The van der Waals surface area contributed by atoms with Gasteiger partial charge in [0.25, 0.3) is 0 Å². The third-order valence-corrected chi connectivity index (χ3v) is 4.15. The van der Waals surface area contributed by atoms with Gasteiger partial charge in [0.1, 0.15) is 0 Å². The lowest BCUT2D eigenvalue weighted by atomic mass is 10.2. The summed E-state index contributed by atoms with van der Waals surface area (Å²) in [5.41, 5.74) is 7.48. The van der Waals surface area contributed by atoms with Crippen LogP contribution in [0.3, 0.4) is 0 Å². The average Bonchev–Trinajstić information content (AvgIpc) is 3.06. The van der Waals surface area contributed by atoms with Gasteiger partial charge in [-0.2, -0.15) is 10.2 Å². The monoisotopic (exact) mass is 390 g/mol. The van der Waals surface area contributed by atoms with E-state index in [-0.39, 0.29) is 0 Å². The van der Waals surface area contributed by atoms with Crippen molar-refractivity contribution in [2.75, 3.05) is 10.9 Å². The lowest BCUT2D eigenvalue weighted by Gasteiger charge is -1.94. The Morgan fingerprint density at radius 2 is 1.12 bits per heavy atom. The SMILES string of the molecule is Clc1ccc(/C=N/Nc2nnc(N/N=C/c3ccc(Cl)cc3)s2)cc1. The minimum absolute atomic E-state index is 0.550. The predicted octanol–water partition coefficient (Wildman–Crippen LogP) is 4.74. The van der Waals surface area contributed by atoms with E-state index < -0.39 is 0 Å². The average molecular weight is 391 g/mol. The van der Waals surface area contributed by atoms with Crippen LogP contribution in [0.25, 0.3) is 0 Å². The van der Waals surface area contributed by atoms with E-state index in [0.29, 0.717) is 20.3 Å². The van der Waals surface area contributed by atoms with E-state index in [1.807, 2.05) is 24.3 Å². The number of nitrogens with one attached hydrogen (secondary N) is 2. The van der Waals surface area contributed by atoms with Crippen LogP contribution in [-0.4, -0.2) is 22.6 Å². The maximum Gasteiger partial charge on any atom is 0.227 e. The number of anilines is 2. The summed E-state index contributed by atoms with van der Waals surface area (Å²) in [5.74, 6) is 0. The maximum absolute atomic E-state index is 5.83. The fourth-order valence-electron chi connectivity index (χ4n) is 1.74. The van der Waals surface area contributed by atoms with Crippen molar-refractivity contribution >= 4 is 57.2 Å². The van der Waals surface area contributed by atoms with Crippen molar-refractivity contribution in [3.8, 4) is 0 Å². The number of rotatable bonds is 6. The van der Waals surface area contributed by atoms with Gasteiger partial charge in [-0.3, -0.25) is 10.9 Å². The van der Waals surface area contributed by atoms with Crippen LogP contribution >= 0.6 is 34.5 Å². The van der Waals surface area contributed by atoms with Gasteiger partial charge in [0, 0.05) is 10.0 Å². The molecule has 126 valence electrons. The molecule has 0 aliphatic heterocycles. The van der Waals surface area contributed by atoms with Gasteiger partial charge in [-0.1, -0.05) is 58.8 Å². The molecule has 25 heavy (non-hydrogen) atoms. The quantitative estimate of drug-likeness (QED) is 0.470. The molecule has 0 saturated heterocycles. The second-order valence-corrected chi connectivity index (χ2v) is 6.61. The molecule has 0 spiro atoms. The second kappa shape index (κ2) is 8.57. The lowest BCUT2D eigenvalue weighted by Crippen LogP contribution is -1.90. The summed E-state index contributed by atoms with van der Waals surface area (Å²) in [6.45, 7) is 0. The summed E-state index contributed by atoms with van der Waals surface area (Å²) in [6, 6.07) is 14.7. The highest BCUT2D eigenvalue weighted by Gasteiger charge is 2.01. The van der Waals surface area contributed by atoms with E-state index in [1.165, 1.54) is 11.3 Å². The van der Waals surface area contributed by atoms with Crippen LogP contribution in [0.2, 0.25) is 10.0 Å². The van der Waals surface area contributed by atoms with Gasteiger partial charge in [0.2, 0.25) is 10.3 Å². The first-order chi connectivity index (χ1) is 12.2. The zero-order valence-electron chi connectivity index (χ0n) is 12.7. The van der Waals surface area contributed by atoms with Gasteiger partial charge in [0.15, 0.2) is 0 Å². The Morgan fingerprint density at radius 1 is 0.720 bits per heavy atom. The highest BCUT2D eigenvalue weighted by atomic mass is 35.5.